The fourth-order valence-electron chi connectivity index (χ4n) is 2.89. The Morgan fingerprint density at radius 1 is 1.35 bits per heavy atom. The van der Waals surface area contributed by atoms with Gasteiger partial charge in [-0.05, 0) is 38.9 Å². The first-order chi connectivity index (χ1) is 9.74. The van der Waals surface area contributed by atoms with E-state index in [1.54, 1.807) is 0 Å². The van der Waals surface area contributed by atoms with Crippen molar-refractivity contribution in [2.45, 2.75) is 50.4 Å². The minimum Gasteiger partial charge on any atom is -0.310 e. The molecule has 2 heterocycles. The standard InChI is InChI=1S/C15H22N4S/c1-11-7-15-17-9-12(10-19(15)18-11)8-16-13-3-5-14(20-2)6-4-13/h7,9-10,13-14,16H,3-6,8H2,1-2H3. The van der Waals surface area contributed by atoms with E-state index in [2.05, 4.69) is 27.9 Å². The number of fused-ring (bicyclic) bond motifs is 1. The van der Waals surface area contributed by atoms with Gasteiger partial charge in [-0.15, -0.1) is 0 Å². The van der Waals surface area contributed by atoms with Crippen molar-refractivity contribution in [1.82, 2.24) is 19.9 Å². The number of nitrogens with one attached hydrogen (secondary N) is 1. The number of aromatic nitrogens is 3. The molecule has 20 heavy (non-hydrogen) atoms. The zero-order valence-electron chi connectivity index (χ0n) is 12.2. The molecule has 0 spiro atoms. The van der Waals surface area contributed by atoms with Gasteiger partial charge in [-0.1, -0.05) is 0 Å². The van der Waals surface area contributed by atoms with Crippen LogP contribution in [0.1, 0.15) is 36.9 Å². The summed E-state index contributed by atoms with van der Waals surface area (Å²) in [6, 6.07) is 2.66. The van der Waals surface area contributed by atoms with Crippen molar-refractivity contribution in [3.8, 4) is 0 Å². The molecule has 3 rings (SSSR count). The van der Waals surface area contributed by atoms with Gasteiger partial charge in [0, 0.05) is 41.9 Å². The highest BCUT2D eigenvalue weighted by Crippen LogP contribution is 2.26. The van der Waals surface area contributed by atoms with Gasteiger partial charge in [0.1, 0.15) is 0 Å². The van der Waals surface area contributed by atoms with E-state index in [0.717, 1.165) is 23.1 Å². The molecule has 5 heteroatoms. The molecule has 2 aromatic rings. The van der Waals surface area contributed by atoms with Crippen LogP contribution in [0.4, 0.5) is 0 Å². The van der Waals surface area contributed by atoms with Gasteiger partial charge in [-0.3, -0.25) is 0 Å². The Labute approximate surface area is 124 Å². The van der Waals surface area contributed by atoms with Crippen molar-refractivity contribution in [1.29, 1.82) is 0 Å². The normalized spacial score (nSPS) is 23.3. The molecule has 0 atom stereocenters. The fourth-order valence-corrected chi connectivity index (χ4v) is 3.63. The Morgan fingerprint density at radius 2 is 2.15 bits per heavy atom. The molecule has 0 bridgehead atoms. The summed E-state index contributed by atoms with van der Waals surface area (Å²) in [7, 11) is 0. The molecule has 0 aliphatic heterocycles. The minimum atomic E-state index is 0.661. The van der Waals surface area contributed by atoms with Crippen molar-refractivity contribution in [3.05, 3.63) is 29.7 Å². The van der Waals surface area contributed by atoms with E-state index in [9.17, 15) is 0 Å². The van der Waals surface area contributed by atoms with Crippen LogP contribution in [0.5, 0.6) is 0 Å². The molecule has 0 radical (unpaired) electrons. The lowest BCUT2D eigenvalue weighted by molar-refractivity contribution is 0.378. The molecule has 1 N–H and O–H groups in total. The van der Waals surface area contributed by atoms with Gasteiger partial charge >= 0.3 is 0 Å². The van der Waals surface area contributed by atoms with Crippen LogP contribution in [0.3, 0.4) is 0 Å². The van der Waals surface area contributed by atoms with Crippen LogP contribution in [-0.4, -0.2) is 32.1 Å². The van der Waals surface area contributed by atoms with Crippen molar-refractivity contribution in [2.24, 2.45) is 0 Å². The van der Waals surface area contributed by atoms with E-state index in [1.165, 1.54) is 31.2 Å². The van der Waals surface area contributed by atoms with Crippen LogP contribution in [0.2, 0.25) is 0 Å². The summed E-state index contributed by atoms with van der Waals surface area (Å²) in [5.74, 6) is 0. The van der Waals surface area contributed by atoms with Crippen LogP contribution >= 0.6 is 11.8 Å². The number of aryl methyl sites for hydroxylation is 1. The van der Waals surface area contributed by atoms with Crippen molar-refractivity contribution < 1.29 is 0 Å². The number of hydrogen-bond donors (Lipinski definition) is 1. The second kappa shape index (κ2) is 6.14. The number of rotatable bonds is 4. The van der Waals surface area contributed by atoms with Gasteiger partial charge in [-0.25, -0.2) is 9.50 Å². The largest absolute Gasteiger partial charge is 0.310 e. The molecule has 4 nitrogen and oxygen atoms in total. The average Bonchev–Trinajstić information content (AvgIpc) is 2.85. The predicted octanol–water partition coefficient (Wildman–Crippen LogP) is 2.80. The van der Waals surface area contributed by atoms with Crippen molar-refractivity contribution in [3.63, 3.8) is 0 Å². The van der Waals surface area contributed by atoms with Crippen molar-refractivity contribution >= 4 is 17.4 Å². The van der Waals surface area contributed by atoms with Gasteiger partial charge in [0.2, 0.25) is 0 Å². The molecular weight excluding hydrogens is 268 g/mol. The summed E-state index contributed by atoms with van der Waals surface area (Å²) in [5.41, 5.74) is 3.14. The maximum atomic E-state index is 4.45. The first-order valence-electron chi connectivity index (χ1n) is 7.31. The number of hydrogen-bond acceptors (Lipinski definition) is 4. The molecule has 1 aliphatic rings. The molecule has 1 aliphatic carbocycles. The third-order valence-electron chi connectivity index (χ3n) is 4.09. The van der Waals surface area contributed by atoms with Gasteiger partial charge in [0.25, 0.3) is 0 Å². The molecule has 0 amide bonds. The third-order valence-corrected chi connectivity index (χ3v) is 5.23. The lowest BCUT2D eigenvalue weighted by Gasteiger charge is -2.28. The van der Waals surface area contributed by atoms with Gasteiger partial charge in [0.15, 0.2) is 5.65 Å². The molecule has 0 aromatic carbocycles. The first kappa shape index (κ1) is 13.9. The summed E-state index contributed by atoms with van der Waals surface area (Å²) in [6.07, 6.45) is 11.5. The van der Waals surface area contributed by atoms with Crippen LogP contribution in [-0.2, 0) is 6.54 Å². The zero-order chi connectivity index (χ0) is 13.9. The van der Waals surface area contributed by atoms with E-state index in [0.29, 0.717) is 6.04 Å². The SMILES string of the molecule is CSC1CCC(NCc2cnc3cc(C)nn3c2)CC1. The van der Waals surface area contributed by atoms with Crippen molar-refractivity contribution in [2.75, 3.05) is 6.26 Å². The Morgan fingerprint density at radius 3 is 2.90 bits per heavy atom. The Kier molecular flexibility index (Phi) is 4.27. The zero-order valence-corrected chi connectivity index (χ0v) is 13.0. The Bertz CT molecular complexity index is 572. The van der Waals surface area contributed by atoms with Crippen LogP contribution in [0.25, 0.3) is 5.65 Å². The summed E-state index contributed by atoms with van der Waals surface area (Å²) < 4.78 is 1.87. The number of nitrogens with zero attached hydrogens (tertiary/aromatic N) is 3. The second-order valence-corrected chi connectivity index (χ2v) is 6.78. The van der Waals surface area contributed by atoms with E-state index < -0.39 is 0 Å². The summed E-state index contributed by atoms with van der Waals surface area (Å²) in [5, 5.41) is 8.95. The van der Waals surface area contributed by atoms with Gasteiger partial charge in [0.05, 0.1) is 5.69 Å². The maximum absolute atomic E-state index is 4.45. The lowest BCUT2D eigenvalue weighted by Crippen LogP contribution is -2.33. The molecule has 2 aromatic heterocycles. The number of thioether (sulfide) groups is 1. The molecule has 108 valence electrons. The van der Waals surface area contributed by atoms with E-state index in [4.69, 9.17) is 0 Å². The predicted molar refractivity (Wildman–Crippen MR) is 84.1 cm³/mol. The average molecular weight is 290 g/mol. The second-order valence-electron chi connectivity index (χ2n) is 5.64. The van der Waals surface area contributed by atoms with E-state index in [1.807, 2.05) is 35.5 Å². The topological polar surface area (TPSA) is 42.2 Å². The van der Waals surface area contributed by atoms with Crippen LogP contribution in [0.15, 0.2) is 18.5 Å². The highest BCUT2D eigenvalue weighted by Gasteiger charge is 2.19. The first-order valence-corrected chi connectivity index (χ1v) is 8.60. The van der Waals surface area contributed by atoms with E-state index in [-0.39, 0.29) is 0 Å². The van der Waals surface area contributed by atoms with E-state index >= 15 is 0 Å². The summed E-state index contributed by atoms with van der Waals surface area (Å²) >= 11 is 2.02. The summed E-state index contributed by atoms with van der Waals surface area (Å²) in [4.78, 5) is 4.45. The third kappa shape index (κ3) is 3.15. The Hall–Kier alpha value is -1.07. The van der Waals surface area contributed by atoms with Crippen LogP contribution < -0.4 is 5.32 Å². The molecule has 1 fully saturated rings. The van der Waals surface area contributed by atoms with Gasteiger partial charge in [-0.2, -0.15) is 16.9 Å². The van der Waals surface area contributed by atoms with Gasteiger partial charge < -0.3 is 5.32 Å². The highest BCUT2D eigenvalue weighted by atomic mass is 32.2. The molecule has 0 unspecified atom stereocenters. The van der Waals surface area contributed by atoms with Crippen LogP contribution in [0, 0.1) is 6.92 Å². The monoisotopic (exact) mass is 290 g/mol. The summed E-state index contributed by atoms with van der Waals surface area (Å²) in [6.45, 7) is 2.88. The maximum Gasteiger partial charge on any atom is 0.155 e. The fraction of sp³-hybridized carbons (Fsp3) is 0.600. The smallest absolute Gasteiger partial charge is 0.155 e. The lowest BCUT2D eigenvalue weighted by atomic mass is 9.95. The molecule has 1 saturated carbocycles. The molecule has 0 saturated heterocycles. The molecular formula is C15H22N4S. The Balaban J connectivity index is 1.57. The minimum absolute atomic E-state index is 0.661. The quantitative estimate of drug-likeness (QED) is 0.940. The highest BCUT2D eigenvalue weighted by molar-refractivity contribution is 7.99.